The number of benzene rings is 2. The van der Waals surface area contributed by atoms with Crippen molar-refractivity contribution in [2.75, 3.05) is 11.9 Å². The summed E-state index contributed by atoms with van der Waals surface area (Å²) in [5, 5.41) is 7.46. The number of hydrogen-bond acceptors (Lipinski definition) is 2. The average Bonchev–Trinajstić information content (AvgIpc) is 2.42. The molecule has 0 atom stereocenters. The summed E-state index contributed by atoms with van der Waals surface area (Å²) >= 11 is 3.37. The minimum absolute atomic E-state index is 0.0446. The van der Waals surface area contributed by atoms with E-state index in [0.29, 0.717) is 12.1 Å². The molecule has 2 aromatic carbocycles. The molecular formula is C15H15BrFN3. The van der Waals surface area contributed by atoms with Crippen molar-refractivity contribution < 1.29 is 4.39 Å². The largest absolute Gasteiger partial charge is 0.384 e. The molecule has 3 N–H and O–H groups in total. The van der Waals surface area contributed by atoms with E-state index in [1.807, 2.05) is 30.1 Å². The molecule has 5 heteroatoms. The number of nitrogen functional groups attached to an aromatic ring is 1. The summed E-state index contributed by atoms with van der Waals surface area (Å²) in [4.78, 5) is 2.02. The molecule has 3 nitrogen and oxygen atoms in total. The third kappa shape index (κ3) is 3.36. The third-order valence-corrected chi connectivity index (χ3v) is 3.76. The minimum Gasteiger partial charge on any atom is -0.384 e. The first-order chi connectivity index (χ1) is 9.47. The van der Waals surface area contributed by atoms with Crippen LogP contribution in [-0.2, 0) is 6.54 Å². The molecule has 0 aromatic heterocycles. The maximum Gasteiger partial charge on any atom is 0.124 e. The van der Waals surface area contributed by atoms with Gasteiger partial charge in [-0.25, -0.2) is 4.39 Å². The summed E-state index contributed by atoms with van der Waals surface area (Å²) in [5.74, 6) is -0.218. The second kappa shape index (κ2) is 6.05. The predicted molar refractivity (Wildman–Crippen MR) is 83.7 cm³/mol. The predicted octanol–water partition coefficient (Wildman–Crippen LogP) is 3.51. The molecule has 0 amide bonds. The van der Waals surface area contributed by atoms with Crippen molar-refractivity contribution in [3.05, 3.63) is 63.9 Å². The molecule has 0 spiro atoms. The number of nitrogens with zero attached hydrogens (tertiary/aromatic N) is 1. The molecule has 0 saturated heterocycles. The topological polar surface area (TPSA) is 53.1 Å². The smallest absolute Gasteiger partial charge is 0.124 e. The Morgan fingerprint density at radius 1 is 1.30 bits per heavy atom. The van der Waals surface area contributed by atoms with E-state index in [1.54, 1.807) is 12.1 Å². The lowest BCUT2D eigenvalue weighted by Gasteiger charge is -2.20. The first-order valence-corrected chi connectivity index (χ1v) is 6.86. The fourth-order valence-electron chi connectivity index (χ4n) is 1.91. The quantitative estimate of drug-likeness (QED) is 0.663. The van der Waals surface area contributed by atoms with Crippen LogP contribution in [-0.4, -0.2) is 12.9 Å². The lowest BCUT2D eigenvalue weighted by Crippen LogP contribution is -2.18. The standard InChI is InChI=1S/C15H15BrFN3/c1-20(9-11-5-6-12(17)8-14(11)16)13-4-2-3-10(7-13)15(18)19/h2-8H,9H2,1H3,(H3,18,19). The van der Waals surface area contributed by atoms with Crippen LogP contribution < -0.4 is 10.6 Å². The molecule has 0 unspecified atom stereocenters. The lowest BCUT2D eigenvalue weighted by molar-refractivity contribution is 0.625. The van der Waals surface area contributed by atoms with E-state index in [1.165, 1.54) is 12.1 Å². The molecule has 0 fully saturated rings. The highest BCUT2D eigenvalue weighted by molar-refractivity contribution is 9.10. The first-order valence-electron chi connectivity index (χ1n) is 6.07. The molecule has 0 aliphatic rings. The van der Waals surface area contributed by atoms with E-state index in [0.717, 1.165) is 15.7 Å². The van der Waals surface area contributed by atoms with Crippen LogP contribution in [0.3, 0.4) is 0 Å². The Morgan fingerprint density at radius 3 is 2.70 bits per heavy atom. The molecule has 0 heterocycles. The van der Waals surface area contributed by atoms with E-state index < -0.39 is 0 Å². The van der Waals surface area contributed by atoms with E-state index in [4.69, 9.17) is 11.1 Å². The number of nitrogens with one attached hydrogen (secondary N) is 1. The highest BCUT2D eigenvalue weighted by Crippen LogP contribution is 2.22. The van der Waals surface area contributed by atoms with Gasteiger partial charge in [0, 0.05) is 29.3 Å². The molecule has 20 heavy (non-hydrogen) atoms. The van der Waals surface area contributed by atoms with Crippen LogP contribution in [0.25, 0.3) is 0 Å². The van der Waals surface area contributed by atoms with E-state index in [9.17, 15) is 4.39 Å². The molecule has 104 valence electrons. The second-order valence-electron chi connectivity index (χ2n) is 4.56. The number of rotatable bonds is 4. The van der Waals surface area contributed by atoms with Crippen molar-refractivity contribution in [2.24, 2.45) is 5.73 Å². The van der Waals surface area contributed by atoms with Crippen molar-refractivity contribution in [3.63, 3.8) is 0 Å². The fourth-order valence-corrected chi connectivity index (χ4v) is 2.38. The van der Waals surface area contributed by atoms with E-state index in [2.05, 4.69) is 15.9 Å². The van der Waals surface area contributed by atoms with Crippen molar-refractivity contribution in [2.45, 2.75) is 6.54 Å². The monoisotopic (exact) mass is 335 g/mol. The van der Waals surface area contributed by atoms with Crippen LogP contribution in [0.2, 0.25) is 0 Å². The Labute approximate surface area is 125 Å². The summed E-state index contributed by atoms with van der Waals surface area (Å²) in [7, 11) is 1.94. The first kappa shape index (κ1) is 14.5. The van der Waals surface area contributed by atoms with Crippen LogP contribution in [0.4, 0.5) is 10.1 Å². The van der Waals surface area contributed by atoms with Gasteiger partial charge in [0.1, 0.15) is 11.7 Å². The van der Waals surface area contributed by atoms with Crippen molar-refractivity contribution in [1.82, 2.24) is 0 Å². The molecule has 0 aliphatic carbocycles. The Hall–Kier alpha value is -1.88. The van der Waals surface area contributed by atoms with E-state index >= 15 is 0 Å². The van der Waals surface area contributed by atoms with Crippen LogP contribution in [0, 0.1) is 11.2 Å². The van der Waals surface area contributed by atoms with Crippen LogP contribution in [0.5, 0.6) is 0 Å². The SMILES string of the molecule is CN(Cc1ccc(F)cc1Br)c1cccc(C(=N)N)c1. The fraction of sp³-hybridized carbons (Fsp3) is 0.133. The molecule has 0 radical (unpaired) electrons. The van der Waals surface area contributed by atoms with Crippen molar-refractivity contribution in [3.8, 4) is 0 Å². The van der Waals surface area contributed by atoms with Crippen LogP contribution in [0.15, 0.2) is 46.9 Å². The Kier molecular flexibility index (Phi) is 4.39. The molecule has 2 rings (SSSR count). The van der Waals surface area contributed by atoms with E-state index in [-0.39, 0.29) is 11.7 Å². The molecule has 0 saturated carbocycles. The number of halogens is 2. The van der Waals surface area contributed by atoms with Gasteiger partial charge in [0.25, 0.3) is 0 Å². The molecule has 0 aliphatic heterocycles. The zero-order chi connectivity index (χ0) is 14.7. The Balaban J connectivity index is 2.21. The van der Waals surface area contributed by atoms with Gasteiger partial charge in [0.15, 0.2) is 0 Å². The normalized spacial score (nSPS) is 10.3. The second-order valence-corrected chi connectivity index (χ2v) is 5.41. The van der Waals surface area contributed by atoms with Gasteiger partial charge in [-0.15, -0.1) is 0 Å². The van der Waals surface area contributed by atoms with Gasteiger partial charge in [0.05, 0.1) is 0 Å². The summed E-state index contributed by atoms with van der Waals surface area (Å²) in [6.07, 6.45) is 0. The maximum atomic E-state index is 13.1. The van der Waals surface area contributed by atoms with Gasteiger partial charge in [-0.3, -0.25) is 5.41 Å². The summed E-state index contributed by atoms with van der Waals surface area (Å²) in [5.41, 5.74) is 8.12. The lowest BCUT2D eigenvalue weighted by atomic mass is 10.1. The van der Waals surface area contributed by atoms with Crippen molar-refractivity contribution >= 4 is 27.5 Å². The molecular weight excluding hydrogens is 321 g/mol. The zero-order valence-corrected chi connectivity index (χ0v) is 12.6. The Bertz CT molecular complexity index is 643. The van der Waals surface area contributed by atoms with Gasteiger partial charge in [-0.1, -0.05) is 34.1 Å². The van der Waals surface area contributed by atoms with Gasteiger partial charge in [-0.2, -0.15) is 0 Å². The average molecular weight is 336 g/mol. The Morgan fingerprint density at radius 2 is 2.05 bits per heavy atom. The summed E-state index contributed by atoms with van der Waals surface area (Å²) in [6.45, 7) is 0.627. The van der Waals surface area contributed by atoms with Crippen LogP contribution in [0.1, 0.15) is 11.1 Å². The zero-order valence-electron chi connectivity index (χ0n) is 11.0. The van der Waals surface area contributed by atoms with Gasteiger partial charge < -0.3 is 10.6 Å². The summed E-state index contributed by atoms with van der Waals surface area (Å²) < 4.78 is 13.8. The number of anilines is 1. The van der Waals surface area contributed by atoms with Gasteiger partial charge in [0.2, 0.25) is 0 Å². The highest BCUT2D eigenvalue weighted by atomic mass is 79.9. The number of hydrogen-bond donors (Lipinski definition) is 2. The molecule has 0 bridgehead atoms. The summed E-state index contributed by atoms with van der Waals surface area (Å²) in [6, 6.07) is 12.1. The van der Waals surface area contributed by atoms with Gasteiger partial charge >= 0.3 is 0 Å². The molecule has 2 aromatic rings. The van der Waals surface area contributed by atoms with Crippen LogP contribution >= 0.6 is 15.9 Å². The highest BCUT2D eigenvalue weighted by Gasteiger charge is 2.07. The minimum atomic E-state index is -0.262. The van der Waals surface area contributed by atoms with Gasteiger partial charge in [-0.05, 0) is 29.8 Å². The number of amidine groups is 1. The number of nitrogens with two attached hydrogens (primary N) is 1. The maximum absolute atomic E-state index is 13.1. The third-order valence-electron chi connectivity index (χ3n) is 3.02. The van der Waals surface area contributed by atoms with Crippen molar-refractivity contribution in [1.29, 1.82) is 5.41 Å².